The SMILES string of the molecule is CCCC(=O)Nc1ccc(Cl)c(NC(=O)C2CCCC2)c1. The highest BCUT2D eigenvalue weighted by atomic mass is 35.5. The fourth-order valence-corrected chi connectivity index (χ4v) is 2.74. The molecule has 5 heteroatoms. The van der Waals surface area contributed by atoms with Crippen LogP contribution in [0.3, 0.4) is 0 Å². The number of carbonyl (C=O) groups is 2. The predicted octanol–water partition coefficient (Wildman–Crippen LogP) is 4.21. The van der Waals surface area contributed by atoms with Gasteiger partial charge in [-0.05, 0) is 37.5 Å². The first kappa shape index (κ1) is 15.8. The molecule has 2 amide bonds. The Bertz CT molecular complexity index is 525. The fraction of sp³-hybridized carbons (Fsp3) is 0.500. The first-order valence-electron chi connectivity index (χ1n) is 7.50. The van der Waals surface area contributed by atoms with Crippen molar-refractivity contribution < 1.29 is 9.59 Å². The molecule has 0 unspecified atom stereocenters. The minimum absolute atomic E-state index is 0.0198. The van der Waals surface area contributed by atoms with E-state index in [2.05, 4.69) is 10.6 Å². The molecule has 21 heavy (non-hydrogen) atoms. The summed E-state index contributed by atoms with van der Waals surface area (Å²) in [4.78, 5) is 23.8. The average molecular weight is 309 g/mol. The first-order valence-corrected chi connectivity index (χ1v) is 7.88. The summed E-state index contributed by atoms with van der Waals surface area (Å²) >= 11 is 6.12. The second-order valence-corrected chi connectivity index (χ2v) is 5.87. The second kappa shape index (κ2) is 7.46. The van der Waals surface area contributed by atoms with Crippen molar-refractivity contribution in [3.63, 3.8) is 0 Å². The van der Waals surface area contributed by atoms with Crippen LogP contribution in [0.15, 0.2) is 18.2 Å². The lowest BCUT2D eigenvalue weighted by atomic mass is 10.1. The van der Waals surface area contributed by atoms with Crippen LogP contribution in [0.5, 0.6) is 0 Å². The van der Waals surface area contributed by atoms with Gasteiger partial charge >= 0.3 is 0 Å². The molecule has 0 saturated heterocycles. The van der Waals surface area contributed by atoms with Gasteiger partial charge in [0.05, 0.1) is 10.7 Å². The molecule has 0 aliphatic heterocycles. The molecule has 0 aromatic heterocycles. The van der Waals surface area contributed by atoms with Gasteiger partial charge in [-0.15, -0.1) is 0 Å². The average Bonchev–Trinajstić information content (AvgIpc) is 2.97. The lowest BCUT2D eigenvalue weighted by molar-refractivity contribution is -0.119. The summed E-state index contributed by atoms with van der Waals surface area (Å²) in [6.45, 7) is 1.95. The molecule has 1 aliphatic carbocycles. The zero-order valence-electron chi connectivity index (χ0n) is 12.2. The normalized spacial score (nSPS) is 15.0. The lowest BCUT2D eigenvalue weighted by Crippen LogP contribution is -2.20. The van der Waals surface area contributed by atoms with Crippen molar-refractivity contribution in [3.05, 3.63) is 23.2 Å². The molecule has 2 rings (SSSR count). The Morgan fingerprint density at radius 2 is 1.95 bits per heavy atom. The number of carbonyl (C=O) groups excluding carboxylic acids is 2. The molecular formula is C16H21ClN2O2. The molecule has 1 aromatic rings. The van der Waals surface area contributed by atoms with Gasteiger partial charge in [0.25, 0.3) is 0 Å². The summed E-state index contributed by atoms with van der Waals surface area (Å²) in [7, 11) is 0. The molecular weight excluding hydrogens is 288 g/mol. The monoisotopic (exact) mass is 308 g/mol. The van der Waals surface area contributed by atoms with Crippen molar-refractivity contribution in [3.8, 4) is 0 Å². The third-order valence-corrected chi connectivity index (χ3v) is 4.04. The van der Waals surface area contributed by atoms with E-state index in [9.17, 15) is 9.59 Å². The third kappa shape index (κ3) is 4.46. The first-order chi connectivity index (χ1) is 10.1. The molecule has 114 valence electrons. The molecule has 0 bridgehead atoms. The number of halogens is 1. The van der Waals surface area contributed by atoms with Crippen molar-refractivity contribution >= 4 is 34.8 Å². The van der Waals surface area contributed by atoms with Crippen LogP contribution in [-0.4, -0.2) is 11.8 Å². The quantitative estimate of drug-likeness (QED) is 0.856. The summed E-state index contributed by atoms with van der Waals surface area (Å²) in [5.74, 6) is 0.0683. The molecule has 1 saturated carbocycles. The van der Waals surface area contributed by atoms with E-state index in [1.165, 1.54) is 0 Å². The van der Waals surface area contributed by atoms with Crippen LogP contribution in [0.4, 0.5) is 11.4 Å². The Morgan fingerprint density at radius 3 is 2.62 bits per heavy atom. The van der Waals surface area contributed by atoms with E-state index >= 15 is 0 Å². The Morgan fingerprint density at radius 1 is 1.24 bits per heavy atom. The van der Waals surface area contributed by atoms with Crippen molar-refractivity contribution in [2.24, 2.45) is 5.92 Å². The van der Waals surface area contributed by atoms with Gasteiger partial charge in [-0.25, -0.2) is 0 Å². The highest BCUT2D eigenvalue weighted by Crippen LogP contribution is 2.29. The summed E-state index contributed by atoms with van der Waals surface area (Å²) in [6, 6.07) is 5.14. The maximum atomic E-state index is 12.1. The van der Waals surface area contributed by atoms with Gasteiger partial charge in [0.15, 0.2) is 0 Å². The van der Waals surface area contributed by atoms with E-state index in [1.807, 2.05) is 6.92 Å². The molecule has 2 N–H and O–H groups in total. The standard InChI is InChI=1S/C16H21ClN2O2/c1-2-5-15(20)18-12-8-9-13(17)14(10-12)19-16(21)11-6-3-4-7-11/h8-11H,2-7H2,1H3,(H,18,20)(H,19,21). The maximum Gasteiger partial charge on any atom is 0.227 e. The molecule has 4 nitrogen and oxygen atoms in total. The lowest BCUT2D eigenvalue weighted by Gasteiger charge is -2.13. The zero-order chi connectivity index (χ0) is 15.2. The Kier molecular flexibility index (Phi) is 5.62. The number of amides is 2. The molecule has 1 fully saturated rings. The van der Waals surface area contributed by atoms with Crippen LogP contribution in [0, 0.1) is 5.92 Å². The fourth-order valence-electron chi connectivity index (χ4n) is 2.57. The smallest absolute Gasteiger partial charge is 0.227 e. The molecule has 1 aromatic carbocycles. The highest BCUT2D eigenvalue weighted by Gasteiger charge is 2.23. The summed E-state index contributed by atoms with van der Waals surface area (Å²) in [5.41, 5.74) is 1.21. The molecule has 0 heterocycles. The van der Waals surface area contributed by atoms with Gasteiger partial charge < -0.3 is 10.6 Å². The topological polar surface area (TPSA) is 58.2 Å². The number of nitrogens with one attached hydrogen (secondary N) is 2. The minimum atomic E-state index is -0.0344. The number of rotatable bonds is 5. The van der Waals surface area contributed by atoms with Crippen LogP contribution >= 0.6 is 11.6 Å². The Labute approximate surface area is 130 Å². The van der Waals surface area contributed by atoms with Crippen molar-refractivity contribution in [1.82, 2.24) is 0 Å². The van der Waals surface area contributed by atoms with E-state index < -0.39 is 0 Å². The zero-order valence-corrected chi connectivity index (χ0v) is 13.0. The van der Waals surface area contributed by atoms with E-state index in [0.29, 0.717) is 22.8 Å². The van der Waals surface area contributed by atoms with Crippen LogP contribution in [0.25, 0.3) is 0 Å². The van der Waals surface area contributed by atoms with Gasteiger partial charge in [0.2, 0.25) is 11.8 Å². The number of anilines is 2. The van der Waals surface area contributed by atoms with Crippen LogP contribution < -0.4 is 10.6 Å². The Balaban J connectivity index is 2.04. The van der Waals surface area contributed by atoms with E-state index in [-0.39, 0.29) is 17.7 Å². The highest BCUT2D eigenvalue weighted by molar-refractivity contribution is 6.33. The van der Waals surface area contributed by atoms with Gasteiger partial charge in [-0.1, -0.05) is 31.4 Å². The number of benzene rings is 1. The van der Waals surface area contributed by atoms with Crippen molar-refractivity contribution in [2.45, 2.75) is 45.4 Å². The van der Waals surface area contributed by atoms with E-state index in [1.54, 1.807) is 18.2 Å². The van der Waals surface area contributed by atoms with Crippen molar-refractivity contribution in [2.75, 3.05) is 10.6 Å². The third-order valence-electron chi connectivity index (χ3n) is 3.71. The largest absolute Gasteiger partial charge is 0.326 e. The van der Waals surface area contributed by atoms with Crippen LogP contribution in [0.1, 0.15) is 45.4 Å². The van der Waals surface area contributed by atoms with Crippen LogP contribution in [-0.2, 0) is 9.59 Å². The summed E-state index contributed by atoms with van der Waals surface area (Å²) in [6.07, 6.45) is 5.38. The van der Waals surface area contributed by atoms with Crippen molar-refractivity contribution in [1.29, 1.82) is 0 Å². The van der Waals surface area contributed by atoms with E-state index in [4.69, 9.17) is 11.6 Å². The number of hydrogen-bond donors (Lipinski definition) is 2. The molecule has 0 atom stereocenters. The second-order valence-electron chi connectivity index (χ2n) is 5.46. The van der Waals surface area contributed by atoms with Crippen LogP contribution in [0.2, 0.25) is 5.02 Å². The van der Waals surface area contributed by atoms with Gasteiger partial charge in [-0.3, -0.25) is 9.59 Å². The minimum Gasteiger partial charge on any atom is -0.326 e. The van der Waals surface area contributed by atoms with Gasteiger partial charge in [0.1, 0.15) is 0 Å². The number of hydrogen-bond acceptors (Lipinski definition) is 2. The van der Waals surface area contributed by atoms with E-state index in [0.717, 1.165) is 32.1 Å². The summed E-state index contributed by atoms with van der Waals surface area (Å²) in [5, 5.41) is 6.16. The molecule has 0 spiro atoms. The maximum absolute atomic E-state index is 12.1. The van der Waals surface area contributed by atoms with Gasteiger partial charge in [-0.2, -0.15) is 0 Å². The molecule has 1 aliphatic rings. The predicted molar refractivity (Wildman–Crippen MR) is 85.6 cm³/mol. The summed E-state index contributed by atoms with van der Waals surface area (Å²) < 4.78 is 0. The van der Waals surface area contributed by atoms with Gasteiger partial charge in [0, 0.05) is 18.0 Å². The Hall–Kier alpha value is -1.55. The molecule has 0 radical (unpaired) electrons.